The van der Waals surface area contributed by atoms with E-state index in [2.05, 4.69) is 26.1 Å². The zero-order valence-corrected chi connectivity index (χ0v) is 16.8. The molecule has 0 heterocycles. The van der Waals surface area contributed by atoms with Crippen molar-refractivity contribution in [1.82, 2.24) is 0 Å². The quantitative estimate of drug-likeness (QED) is 0.449. The Morgan fingerprint density at radius 1 is 0.793 bits per heavy atom. The molecule has 5 nitrogen and oxygen atoms in total. The molecule has 0 aromatic heterocycles. The number of nitrogens with one attached hydrogen (secondary N) is 1. The lowest BCUT2D eigenvalue weighted by Crippen LogP contribution is -2.17. The lowest BCUT2D eigenvalue weighted by Gasteiger charge is -2.19. The van der Waals surface area contributed by atoms with Gasteiger partial charge in [0.25, 0.3) is 5.91 Å². The van der Waals surface area contributed by atoms with Gasteiger partial charge in [0.05, 0.1) is 11.4 Å². The van der Waals surface area contributed by atoms with Gasteiger partial charge in [0.2, 0.25) is 0 Å². The molecule has 3 aromatic rings. The maximum absolute atomic E-state index is 13.0. The number of hydrogen-bond acceptors (Lipinski definition) is 4. The van der Waals surface area contributed by atoms with Gasteiger partial charge in [-0.25, -0.2) is 0 Å². The van der Waals surface area contributed by atoms with Crippen LogP contribution in [0.1, 0.15) is 52.6 Å². The number of rotatable bonds is 4. The molecule has 1 amide bonds. The summed E-state index contributed by atoms with van der Waals surface area (Å²) in [5, 5.41) is 2.81. The molecule has 0 unspecified atom stereocenters. The molecule has 0 radical (unpaired) electrons. The molecular weight excluding hydrogens is 362 g/mol. The van der Waals surface area contributed by atoms with Crippen LogP contribution < -0.4 is 16.8 Å². The number of nitrogen functional groups attached to an aromatic ring is 2. The first-order chi connectivity index (χ1) is 13.7. The van der Waals surface area contributed by atoms with Crippen molar-refractivity contribution < 1.29 is 9.59 Å². The molecule has 0 atom stereocenters. The molecule has 148 valence electrons. The van der Waals surface area contributed by atoms with Gasteiger partial charge in [-0.05, 0) is 59.5 Å². The lowest BCUT2D eigenvalue weighted by molar-refractivity contribution is 0.102. The zero-order chi connectivity index (χ0) is 21.2. The molecular formula is C24H25N3O2. The highest BCUT2D eigenvalue weighted by molar-refractivity contribution is 6.17. The summed E-state index contributed by atoms with van der Waals surface area (Å²) in [5.74, 6) is -0.564. The summed E-state index contributed by atoms with van der Waals surface area (Å²) in [5.41, 5.74) is 15.4. The van der Waals surface area contributed by atoms with Crippen LogP contribution in [0, 0.1) is 0 Å². The van der Waals surface area contributed by atoms with Crippen LogP contribution in [0.5, 0.6) is 0 Å². The Labute approximate surface area is 170 Å². The van der Waals surface area contributed by atoms with Crippen molar-refractivity contribution in [1.29, 1.82) is 0 Å². The van der Waals surface area contributed by atoms with Crippen molar-refractivity contribution in [3.8, 4) is 0 Å². The molecule has 5 N–H and O–H groups in total. The standard InChI is InChI=1S/C24H25N3O2/c1-24(2,3)17-11-7-16(8-12-17)23(29)27-21-19(5-4-6-20(21)26)22(28)15-9-13-18(25)14-10-15/h4-14H,25-26H2,1-3H3,(H,27,29). The van der Waals surface area contributed by atoms with E-state index in [0.717, 1.165) is 5.56 Å². The lowest BCUT2D eigenvalue weighted by atomic mass is 9.86. The first-order valence-electron chi connectivity index (χ1n) is 9.37. The van der Waals surface area contributed by atoms with Crippen molar-refractivity contribution in [3.63, 3.8) is 0 Å². The van der Waals surface area contributed by atoms with E-state index in [-0.39, 0.29) is 17.1 Å². The first kappa shape index (κ1) is 20.1. The smallest absolute Gasteiger partial charge is 0.255 e. The highest BCUT2D eigenvalue weighted by Crippen LogP contribution is 2.27. The van der Waals surface area contributed by atoms with E-state index in [4.69, 9.17) is 11.5 Å². The van der Waals surface area contributed by atoms with Gasteiger partial charge in [0.15, 0.2) is 5.78 Å². The predicted octanol–water partition coefficient (Wildman–Crippen LogP) is 4.63. The Balaban J connectivity index is 1.90. The summed E-state index contributed by atoms with van der Waals surface area (Å²) in [7, 11) is 0. The van der Waals surface area contributed by atoms with E-state index in [0.29, 0.717) is 33.8 Å². The van der Waals surface area contributed by atoms with Gasteiger partial charge < -0.3 is 16.8 Å². The van der Waals surface area contributed by atoms with Crippen molar-refractivity contribution >= 4 is 28.8 Å². The van der Waals surface area contributed by atoms with Crippen LogP contribution in [0.15, 0.2) is 66.7 Å². The maximum atomic E-state index is 13.0. The van der Waals surface area contributed by atoms with E-state index >= 15 is 0 Å². The van der Waals surface area contributed by atoms with Crippen LogP contribution in [0.25, 0.3) is 0 Å². The van der Waals surface area contributed by atoms with E-state index in [1.54, 1.807) is 54.6 Å². The van der Waals surface area contributed by atoms with E-state index in [9.17, 15) is 9.59 Å². The zero-order valence-electron chi connectivity index (χ0n) is 16.8. The topological polar surface area (TPSA) is 98.2 Å². The Hall–Kier alpha value is -3.60. The number of benzene rings is 3. The van der Waals surface area contributed by atoms with Crippen molar-refractivity contribution in [2.24, 2.45) is 0 Å². The molecule has 0 fully saturated rings. The average molecular weight is 387 g/mol. The van der Waals surface area contributed by atoms with Gasteiger partial charge >= 0.3 is 0 Å². The SMILES string of the molecule is CC(C)(C)c1ccc(C(=O)Nc2c(N)cccc2C(=O)c2ccc(N)cc2)cc1. The highest BCUT2D eigenvalue weighted by Gasteiger charge is 2.19. The molecule has 0 bridgehead atoms. The van der Waals surface area contributed by atoms with Gasteiger partial charge in [-0.3, -0.25) is 9.59 Å². The number of ketones is 1. The number of hydrogen-bond donors (Lipinski definition) is 3. The van der Waals surface area contributed by atoms with Gasteiger partial charge in [0.1, 0.15) is 0 Å². The first-order valence-corrected chi connectivity index (χ1v) is 9.37. The molecule has 3 rings (SSSR count). The largest absolute Gasteiger partial charge is 0.399 e. The van der Waals surface area contributed by atoms with Crippen LogP contribution in [0.2, 0.25) is 0 Å². The van der Waals surface area contributed by atoms with Gasteiger partial charge in [0, 0.05) is 22.4 Å². The number of para-hydroxylation sites is 1. The summed E-state index contributed by atoms with van der Waals surface area (Å²) >= 11 is 0. The summed E-state index contributed by atoms with van der Waals surface area (Å²) in [6.45, 7) is 6.34. The Bertz CT molecular complexity index is 1050. The number of amides is 1. The second-order valence-corrected chi connectivity index (χ2v) is 8.00. The summed E-state index contributed by atoms with van der Waals surface area (Å²) in [6, 6.07) is 19.0. The molecule has 0 spiro atoms. The fraction of sp³-hybridized carbons (Fsp3) is 0.167. The molecule has 3 aromatic carbocycles. The highest BCUT2D eigenvalue weighted by atomic mass is 16.1. The third-order valence-corrected chi connectivity index (χ3v) is 4.77. The minimum Gasteiger partial charge on any atom is -0.399 e. The van der Waals surface area contributed by atoms with Crippen molar-refractivity contribution in [2.45, 2.75) is 26.2 Å². The molecule has 0 saturated heterocycles. The van der Waals surface area contributed by atoms with E-state index in [1.165, 1.54) is 0 Å². The number of carbonyl (C=O) groups excluding carboxylic acids is 2. The Morgan fingerprint density at radius 2 is 1.38 bits per heavy atom. The third kappa shape index (κ3) is 4.46. The van der Waals surface area contributed by atoms with Crippen molar-refractivity contribution in [2.75, 3.05) is 16.8 Å². The van der Waals surface area contributed by atoms with Gasteiger partial charge in [-0.2, -0.15) is 0 Å². The number of anilines is 3. The van der Waals surface area contributed by atoms with E-state index < -0.39 is 0 Å². The minimum absolute atomic E-state index is 0.00245. The summed E-state index contributed by atoms with van der Waals surface area (Å²) in [4.78, 5) is 25.7. The van der Waals surface area contributed by atoms with Gasteiger partial charge in [-0.15, -0.1) is 0 Å². The van der Waals surface area contributed by atoms with Crippen LogP contribution >= 0.6 is 0 Å². The second-order valence-electron chi connectivity index (χ2n) is 8.00. The molecule has 0 aliphatic rings. The third-order valence-electron chi connectivity index (χ3n) is 4.77. The fourth-order valence-electron chi connectivity index (χ4n) is 3.00. The van der Waals surface area contributed by atoms with Crippen LogP contribution in [-0.4, -0.2) is 11.7 Å². The Kier molecular flexibility index (Phi) is 5.41. The fourth-order valence-corrected chi connectivity index (χ4v) is 3.00. The number of carbonyl (C=O) groups is 2. The maximum Gasteiger partial charge on any atom is 0.255 e. The minimum atomic E-state index is -0.324. The van der Waals surface area contributed by atoms with Crippen LogP contribution in [0.3, 0.4) is 0 Å². The average Bonchev–Trinajstić information content (AvgIpc) is 2.69. The van der Waals surface area contributed by atoms with E-state index in [1.807, 2.05) is 12.1 Å². The second kappa shape index (κ2) is 7.80. The van der Waals surface area contributed by atoms with Crippen LogP contribution in [0.4, 0.5) is 17.1 Å². The monoisotopic (exact) mass is 387 g/mol. The molecule has 5 heteroatoms. The molecule has 29 heavy (non-hydrogen) atoms. The number of nitrogens with two attached hydrogens (primary N) is 2. The summed E-state index contributed by atoms with van der Waals surface area (Å²) < 4.78 is 0. The van der Waals surface area contributed by atoms with Crippen LogP contribution in [-0.2, 0) is 5.41 Å². The Morgan fingerprint density at radius 3 is 1.97 bits per heavy atom. The van der Waals surface area contributed by atoms with Crippen molar-refractivity contribution in [3.05, 3.63) is 89.0 Å². The summed E-state index contributed by atoms with van der Waals surface area (Å²) in [6.07, 6.45) is 0. The molecule has 0 aliphatic carbocycles. The predicted molar refractivity (Wildman–Crippen MR) is 118 cm³/mol. The normalized spacial score (nSPS) is 11.1. The molecule has 0 saturated carbocycles. The van der Waals surface area contributed by atoms with Gasteiger partial charge in [-0.1, -0.05) is 39.0 Å². The molecule has 0 aliphatic heterocycles.